The summed E-state index contributed by atoms with van der Waals surface area (Å²) < 4.78 is 0. The molecule has 1 amide bonds. The lowest BCUT2D eigenvalue weighted by Gasteiger charge is -2.24. The number of nitrogens with two attached hydrogens (primary N) is 1. The molecule has 3 aromatic rings. The van der Waals surface area contributed by atoms with Crippen molar-refractivity contribution in [2.24, 2.45) is 5.73 Å². The quantitative estimate of drug-likeness (QED) is 0.713. The average Bonchev–Trinajstić information content (AvgIpc) is 3.27. The van der Waals surface area contributed by atoms with Crippen molar-refractivity contribution in [3.8, 4) is 0 Å². The van der Waals surface area contributed by atoms with E-state index < -0.39 is 6.04 Å². The molecule has 6 heteroatoms. The number of para-hydroxylation sites is 1. The SMILES string of the molecule is NC(Cc1c[nH]c2ccccc12)C(=O)N1CCCN(Cc2cccs2)CC1. The van der Waals surface area contributed by atoms with E-state index in [9.17, 15) is 4.79 Å². The Morgan fingerprint density at radius 2 is 2.04 bits per heavy atom. The van der Waals surface area contributed by atoms with Gasteiger partial charge in [-0.1, -0.05) is 24.3 Å². The predicted octanol–water partition coefficient (Wildman–Crippen LogP) is 2.83. The first kappa shape index (κ1) is 18.2. The monoisotopic (exact) mass is 382 g/mol. The molecule has 1 saturated heterocycles. The van der Waals surface area contributed by atoms with Crippen LogP contribution in [0.3, 0.4) is 0 Å². The van der Waals surface area contributed by atoms with Crippen molar-refractivity contribution in [1.82, 2.24) is 14.8 Å². The van der Waals surface area contributed by atoms with Crippen molar-refractivity contribution in [3.63, 3.8) is 0 Å². The molecule has 1 unspecified atom stereocenters. The highest BCUT2D eigenvalue weighted by atomic mass is 32.1. The second kappa shape index (κ2) is 8.25. The summed E-state index contributed by atoms with van der Waals surface area (Å²) in [6.45, 7) is 4.46. The van der Waals surface area contributed by atoms with Crippen molar-refractivity contribution in [1.29, 1.82) is 0 Å². The Kier molecular flexibility index (Phi) is 5.57. The molecule has 3 N–H and O–H groups in total. The van der Waals surface area contributed by atoms with E-state index >= 15 is 0 Å². The van der Waals surface area contributed by atoms with Crippen LogP contribution >= 0.6 is 11.3 Å². The standard InChI is InChI=1S/C21H26N4OS/c22-19(13-16-14-23-20-7-2-1-6-18(16)20)21(26)25-9-4-8-24(10-11-25)15-17-5-3-12-27-17/h1-3,5-7,12,14,19,23H,4,8-11,13,15,22H2. The van der Waals surface area contributed by atoms with Crippen LogP contribution in [0.15, 0.2) is 48.0 Å². The minimum Gasteiger partial charge on any atom is -0.361 e. The Balaban J connectivity index is 1.35. The van der Waals surface area contributed by atoms with Gasteiger partial charge < -0.3 is 15.6 Å². The number of nitrogens with zero attached hydrogens (tertiary/aromatic N) is 2. The molecule has 2 aromatic heterocycles. The molecular weight excluding hydrogens is 356 g/mol. The third-order valence-electron chi connectivity index (χ3n) is 5.29. The number of aromatic nitrogens is 1. The van der Waals surface area contributed by atoms with E-state index in [-0.39, 0.29) is 5.91 Å². The maximum atomic E-state index is 12.9. The highest BCUT2D eigenvalue weighted by Gasteiger charge is 2.24. The molecule has 27 heavy (non-hydrogen) atoms. The fraction of sp³-hybridized carbons (Fsp3) is 0.381. The first-order valence-electron chi connectivity index (χ1n) is 9.55. The van der Waals surface area contributed by atoms with Gasteiger partial charge in [0, 0.05) is 54.7 Å². The highest BCUT2D eigenvalue weighted by molar-refractivity contribution is 7.09. The molecule has 0 spiro atoms. The zero-order chi connectivity index (χ0) is 18.6. The zero-order valence-electron chi connectivity index (χ0n) is 15.4. The lowest BCUT2D eigenvalue weighted by molar-refractivity contribution is -0.132. The molecule has 1 aromatic carbocycles. The molecule has 1 aliphatic heterocycles. The van der Waals surface area contributed by atoms with Crippen molar-refractivity contribution >= 4 is 28.1 Å². The van der Waals surface area contributed by atoms with Crippen LogP contribution in [0.4, 0.5) is 0 Å². The maximum absolute atomic E-state index is 12.9. The zero-order valence-corrected chi connectivity index (χ0v) is 16.3. The summed E-state index contributed by atoms with van der Waals surface area (Å²) in [6, 6.07) is 11.9. The van der Waals surface area contributed by atoms with Crippen molar-refractivity contribution in [3.05, 3.63) is 58.4 Å². The topological polar surface area (TPSA) is 65.4 Å². The average molecular weight is 383 g/mol. The number of H-pyrrole nitrogens is 1. The Labute approximate surface area is 163 Å². The number of hydrogen-bond donors (Lipinski definition) is 2. The fourth-order valence-electron chi connectivity index (χ4n) is 3.83. The summed E-state index contributed by atoms with van der Waals surface area (Å²) in [6.07, 6.45) is 3.54. The number of carbonyl (C=O) groups is 1. The summed E-state index contributed by atoms with van der Waals surface area (Å²) in [7, 11) is 0. The normalized spacial score (nSPS) is 17.1. The number of thiophene rings is 1. The fourth-order valence-corrected chi connectivity index (χ4v) is 4.58. The van der Waals surface area contributed by atoms with Gasteiger partial charge in [0.25, 0.3) is 0 Å². The van der Waals surface area contributed by atoms with Gasteiger partial charge in [0.05, 0.1) is 6.04 Å². The number of rotatable bonds is 5. The van der Waals surface area contributed by atoms with Gasteiger partial charge in [0.2, 0.25) is 5.91 Å². The van der Waals surface area contributed by atoms with Gasteiger partial charge in [-0.05, 0) is 35.9 Å². The number of carbonyl (C=O) groups excluding carboxylic acids is 1. The van der Waals surface area contributed by atoms with E-state index in [4.69, 9.17) is 5.73 Å². The number of aromatic amines is 1. The summed E-state index contributed by atoms with van der Waals surface area (Å²) in [4.78, 5) is 21.9. The molecule has 0 saturated carbocycles. The van der Waals surface area contributed by atoms with Crippen molar-refractivity contribution < 1.29 is 4.79 Å². The first-order valence-corrected chi connectivity index (χ1v) is 10.4. The van der Waals surface area contributed by atoms with Gasteiger partial charge in [-0.2, -0.15) is 0 Å². The van der Waals surface area contributed by atoms with Crippen LogP contribution in [-0.2, 0) is 17.8 Å². The Hall–Kier alpha value is -2.15. The number of benzene rings is 1. The minimum atomic E-state index is -0.493. The molecule has 1 fully saturated rings. The second-order valence-electron chi connectivity index (χ2n) is 7.20. The lowest BCUT2D eigenvalue weighted by atomic mass is 10.0. The predicted molar refractivity (Wildman–Crippen MR) is 111 cm³/mol. The van der Waals surface area contributed by atoms with Gasteiger partial charge in [-0.25, -0.2) is 0 Å². The van der Waals surface area contributed by atoms with Crippen LogP contribution < -0.4 is 5.73 Å². The smallest absolute Gasteiger partial charge is 0.239 e. The van der Waals surface area contributed by atoms with Gasteiger partial charge >= 0.3 is 0 Å². The van der Waals surface area contributed by atoms with Crippen LogP contribution in [-0.4, -0.2) is 52.9 Å². The summed E-state index contributed by atoms with van der Waals surface area (Å²) in [5.41, 5.74) is 8.51. The van der Waals surface area contributed by atoms with E-state index in [1.54, 1.807) is 11.3 Å². The molecule has 5 nitrogen and oxygen atoms in total. The third kappa shape index (κ3) is 4.24. The van der Waals surface area contributed by atoms with Crippen LogP contribution in [0, 0.1) is 0 Å². The van der Waals surface area contributed by atoms with Gasteiger partial charge in [0.1, 0.15) is 0 Å². The number of fused-ring (bicyclic) bond motifs is 1. The van der Waals surface area contributed by atoms with Gasteiger partial charge in [-0.15, -0.1) is 11.3 Å². The van der Waals surface area contributed by atoms with E-state index in [0.717, 1.165) is 55.6 Å². The van der Waals surface area contributed by atoms with E-state index in [2.05, 4.69) is 33.5 Å². The van der Waals surface area contributed by atoms with Crippen molar-refractivity contribution in [2.75, 3.05) is 26.2 Å². The number of hydrogen-bond acceptors (Lipinski definition) is 4. The van der Waals surface area contributed by atoms with Crippen LogP contribution in [0.25, 0.3) is 10.9 Å². The minimum absolute atomic E-state index is 0.0678. The third-order valence-corrected chi connectivity index (χ3v) is 6.15. The molecular formula is C21H26N4OS. The number of nitrogens with one attached hydrogen (secondary N) is 1. The molecule has 3 heterocycles. The number of amides is 1. The van der Waals surface area contributed by atoms with Gasteiger partial charge in [-0.3, -0.25) is 9.69 Å². The Morgan fingerprint density at radius 3 is 2.89 bits per heavy atom. The summed E-state index contributed by atoms with van der Waals surface area (Å²) >= 11 is 1.79. The molecule has 4 rings (SSSR count). The largest absolute Gasteiger partial charge is 0.361 e. The summed E-state index contributed by atoms with van der Waals surface area (Å²) in [5.74, 6) is 0.0678. The Morgan fingerprint density at radius 1 is 1.15 bits per heavy atom. The van der Waals surface area contributed by atoms with Crippen LogP contribution in [0.2, 0.25) is 0 Å². The molecule has 1 atom stereocenters. The van der Waals surface area contributed by atoms with Crippen molar-refractivity contribution in [2.45, 2.75) is 25.4 Å². The van der Waals surface area contributed by atoms with E-state index in [1.165, 1.54) is 4.88 Å². The summed E-state index contributed by atoms with van der Waals surface area (Å²) in [5, 5.41) is 3.27. The van der Waals surface area contributed by atoms with E-state index in [0.29, 0.717) is 6.42 Å². The second-order valence-corrected chi connectivity index (χ2v) is 8.24. The molecule has 0 radical (unpaired) electrons. The Bertz CT molecular complexity index is 889. The maximum Gasteiger partial charge on any atom is 0.239 e. The van der Waals surface area contributed by atoms with Gasteiger partial charge in [0.15, 0.2) is 0 Å². The lowest BCUT2D eigenvalue weighted by Crippen LogP contribution is -2.46. The highest BCUT2D eigenvalue weighted by Crippen LogP contribution is 2.19. The van der Waals surface area contributed by atoms with Crippen LogP contribution in [0.5, 0.6) is 0 Å². The molecule has 0 aliphatic carbocycles. The molecule has 0 bridgehead atoms. The van der Waals surface area contributed by atoms with E-state index in [1.807, 2.05) is 29.3 Å². The molecule has 142 valence electrons. The van der Waals surface area contributed by atoms with Crippen LogP contribution in [0.1, 0.15) is 16.9 Å². The molecule has 1 aliphatic rings. The first-order chi connectivity index (χ1) is 13.2.